The highest BCUT2D eigenvalue weighted by atomic mass is 35.5. The third-order valence-corrected chi connectivity index (χ3v) is 2.60. The van der Waals surface area contributed by atoms with E-state index < -0.39 is 6.09 Å². The lowest BCUT2D eigenvalue weighted by molar-refractivity contribution is 0.188. The molecule has 80 valence electrons. The molecule has 0 aromatic heterocycles. The minimum atomic E-state index is -0.474. The minimum Gasteiger partial charge on any atom is -0.410 e. The number of hydrogen-bond acceptors (Lipinski definition) is 3. The van der Waals surface area contributed by atoms with Crippen molar-refractivity contribution in [3.63, 3.8) is 0 Å². The van der Waals surface area contributed by atoms with Crippen LogP contribution in [-0.2, 0) is 0 Å². The van der Waals surface area contributed by atoms with Crippen molar-refractivity contribution in [2.75, 3.05) is 6.54 Å². The van der Waals surface area contributed by atoms with Gasteiger partial charge in [0.15, 0.2) is 0 Å². The fourth-order valence-electron chi connectivity index (χ4n) is 1.23. The second kappa shape index (κ2) is 4.51. The molecule has 0 saturated carbocycles. The van der Waals surface area contributed by atoms with Crippen molar-refractivity contribution in [3.05, 3.63) is 30.3 Å². The lowest BCUT2D eigenvalue weighted by Crippen LogP contribution is -2.62. The molecule has 2 atom stereocenters. The van der Waals surface area contributed by atoms with E-state index in [1.54, 1.807) is 24.3 Å². The van der Waals surface area contributed by atoms with Crippen LogP contribution in [0.3, 0.4) is 0 Å². The highest BCUT2D eigenvalue weighted by molar-refractivity contribution is 6.21. The molecule has 0 aliphatic carbocycles. The number of hydrogen-bond donors (Lipinski definition) is 2. The summed E-state index contributed by atoms with van der Waals surface area (Å²) in [6.07, 6.45) is -0.474. The van der Waals surface area contributed by atoms with Gasteiger partial charge in [0, 0.05) is 6.54 Å². The monoisotopic (exact) mass is 226 g/mol. The van der Waals surface area contributed by atoms with E-state index >= 15 is 0 Å². The lowest BCUT2D eigenvalue weighted by atomic mass is 10.2. The zero-order valence-corrected chi connectivity index (χ0v) is 8.70. The number of carbonyl (C=O) groups is 1. The van der Waals surface area contributed by atoms with Crippen LogP contribution in [0.25, 0.3) is 0 Å². The van der Waals surface area contributed by atoms with E-state index in [4.69, 9.17) is 16.3 Å². The van der Waals surface area contributed by atoms with Gasteiger partial charge in [-0.2, -0.15) is 0 Å². The number of amides is 1. The Morgan fingerprint density at radius 2 is 2.20 bits per heavy atom. The van der Waals surface area contributed by atoms with Gasteiger partial charge in [-0.15, -0.1) is 11.6 Å². The summed E-state index contributed by atoms with van der Waals surface area (Å²) in [6, 6.07) is 8.85. The molecule has 1 amide bonds. The average Bonchev–Trinajstić information content (AvgIpc) is 2.25. The molecule has 0 spiro atoms. The molecule has 1 heterocycles. The highest BCUT2D eigenvalue weighted by Gasteiger charge is 2.29. The summed E-state index contributed by atoms with van der Waals surface area (Å²) in [6.45, 7) is 0.679. The molecule has 1 saturated heterocycles. The molecule has 1 aromatic carbocycles. The Bertz CT molecular complexity index is 345. The van der Waals surface area contributed by atoms with Gasteiger partial charge >= 0.3 is 6.09 Å². The average molecular weight is 227 g/mol. The molecule has 1 aliphatic rings. The summed E-state index contributed by atoms with van der Waals surface area (Å²) >= 11 is 5.78. The molecule has 1 aromatic rings. The summed E-state index contributed by atoms with van der Waals surface area (Å²) in [5.74, 6) is 0.522. The maximum absolute atomic E-state index is 11.3. The number of alkyl halides is 1. The van der Waals surface area contributed by atoms with E-state index in [9.17, 15) is 4.79 Å². The SMILES string of the molecule is O=C(NC1CN[C@@H]1Cl)Oc1ccccc1. The number of ether oxygens (including phenoxy) is 1. The Kier molecular flexibility index (Phi) is 3.08. The van der Waals surface area contributed by atoms with Crippen molar-refractivity contribution >= 4 is 17.7 Å². The van der Waals surface area contributed by atoms with Crippen LogP contribution < -0.4 is 15.4 Å². The first-order valence-corrected chi connectivity index (χ1v) is 5.10. The van der Waals surface area contributed by atoms with Gasteiger partial charge in [0.25, 0.3) is 0 Å². The van der Waals surface area contributed by atoms with Gasteiger partial charge in [0.2, 0.25) is 0 Å². The van der Waals surface area contributed by atoms with Crippen LogP contribution in [0.1, 0.15) is 0 Å². The van der Waals surface area contributed by atoms with Gasteiger partial charge in [0.1, 0.15) is 11.3 Å². The number of halogens is 1. The Labute approximate surface area is 92.6 Å². The molecule has 15 heavy (non-hydrogen) atoms. The Hall–Kier alpha value is -1.26. The number of rotatable bonds is 2. The first kappa shape index (κ1) is 10.3. The van der Waals surface area contributed by atoms with Crippen LogP contribution >= 0.6 is 11.6 Å². The summed E-state index contributed by atoms with van der Waals surface area (Å²) in [4.78, 5) is 11.3. The molecule has 0 radical (unpaired) electrons. The van der Waals surface area contributed by atoms with Crippen molar-refractivity contribution < 1.29 is 9.53 Å². The Morgan fingerprint density at radius 1 is 1.47 bits per heavy atom. The molecule has 2 rings (SSSR count). The van der Waals surface area contributed by atoms with Gasteiger partial charge in [-0.3, -0.25) is 5.32 Å². The maximum Gasteiger partial charge on any atom is 0.412 e. The number of nitrogens with one attached hydrogen (secondary N) is 2. The van der Waals surface area contributed by atoms with Gasteiger partial charge in [-0.05, 0) is 12.1 Å². The van der Waals surface area contributed by atoms with Crippen LogP contribution in [0.5, 0.6) is 5.75 Å². The number of carbonyl (C=O) groups excluding carboxylic acids is 1. The summed E-state index contributed by atoms with van der Waals surface area (Å²) in [5, 5.41) is 5.58. The molecule has 0 bridgehead atoms. The van der Waals surface area contributed by atoms with E-state index in [2.05, 4.69) is 10.6 Å². The molecular weight excluding hydrogens is 216 g/mol. The van der Waals surface area contributed by atoms with E-state index in [1.807, 2.05) is 6.07 Å². The van der Waals surface area contributed by atoms with Crippen molar-refractivity contribution in [1.29, 1.82) is 0 Å². The second-order valence-electron chi connectivity index (χ2n) is 3.26. The molecule has 5 heteroatoms. The van der Waals surface area contributed by atoms with Crippen LogP contribution in [0.2, 0.25) is 0 Å². The molecule has 1 aliphatic heterocycles. The zero-order chi connectivity index (χ0) is 10.7. The van der Waals surface area contributed by atoms with Gasteiger partial charge in [-0.1, -0.05) is 18.2 Å². The molecular formula is C10H11ClN2O2. The first-order valence-electron chi connectivity index (χ1n) is 4.66. The molecule has 2 N–H and O–H groups in total. The van der Waals surface area contributed by atoms with Crippen molar-refractivity contribution in [2.24, 2.45) is 0 Å². The van der Waals surface area contributed by atoms with Crippen LogP contribution in [0.15, 0.2) is 30.3 Å². The zero-order valence-electron chi connectivity index (χ0n) is 7.94. The summed E-state index contributed by atoms with van der Waals surface area (Å²) in [7, 11) is 0. The normalized spacial score (nSPS) is 24.1. The van der Waals surface area contributed by atoms with Crippen LogP contribution in [0.4, 0.5) is 4.79 Å². The van der Waals surface area contributed by atoms with Crippen molar-refractivity contribution in [1.82, 2.24) is 10.6 Å². The predicted octanol–water partition coefficient (Wildman–Crippen LogP) is 1.31. The topological polar surface area (TPSA) is 50.4 Å². The molecule has 1 fully saturated rings. The predicted molar refractivity (Wildman–Crippen MR) is 57.0 cm³/mol. The van der Waals surface area contributed by atoms with Crippen LogP contribution in [0, 0.1) is 0 Å². The summed E-state index contributed by atoms with van der Waals surface area (Å²) < 4.78 is 5.03. The third kappa shape index (κ3) is 2.61. The minimum absolute atomic E-state index is 0.0529. The standard InChI is InChI=1S/C10H11ClN2O2/c11-9-8(6-12-9)13-10(14)15-7-4-2-1-3-5-7/h1-5,8-9,12H,6H2,(H,13,14)/t8?,9-/m0/s1. The maximum atomic E-state index is 11.3. The fraction of sp³-hybridized carbons (Fsp3) is 0.300. The number of para-hydroxylation sites is 1. The van der Waals surface area contributed by atoms with E-state index in [1.165, 1.54) is 0 Å². The molecule has 1 unspecified atom stereocenters. The van der Waals surface area contributed by atoms with Crippen LogP contribution in [-0.4, -0.2) is 24.2 Å². The van der Waals surface area contributed by atoms with E-state index in [0.717, 1.165) is 0 Å². The fourth-order valence-corrected chi connectivity index (χ4v) is 1.47. The quantitative estimate of drug-likeness (QED) is 0.591. The lowest BCUT2D eigenvalue weighted by Gasteiger charge is -2.33. The van der Waals surface area contributed by atoms with Crippen molar-refractivity contribution in [2.45, 2.75) is 11.5 Å². The largest absolute Gasteiger partial charge is 0.412 e. The Morgan fingerprint density at radius 3 is 2.73 bits per heavy atom. The number of benzene rings is 1. The summed E-state index contributed by atoms with van der Waals surface area (Å²) in [5.41, 5.74) is -0.201. The smallest absolute Gasteiger partial charge is 0.410 e. The van der Waals surface area contributed by atoms with Gasteiger partial charge in [0.05, 0.1) is 6.04 Å². The Balaban J connectivity index is 1.82. The van der Waals surface area contributed by atoms with Gasteiger partial charge < -0.3 is 10.1 Å². The molecule has 4 nitrogen and oxygen atoms in total. The second-order valence-corrected chi connectivity index (χ2v) is 3.73. The third-order valence-electron chi connectivity index (χ3n) is 2.14. The van der Waals surface area contributed by atoms with E-state index in [-0.39, 0.29) is 11.5 Å². The highest BCUT2D eigenvalue weighted by Crippen LogP contribution is 2.11. The van der Waals surface area contributed by atoms with E-state index in [0.29, 0.717) is 12.3 Å². The van der Waals surface area contributed by atoms with Gasteiger partial charge in [-0.25, -0.2) is 4.79 Å². The first-order chi connectivity index (χ1) is 7.25. The van der Waals surface area contributed by atoms with Crippen molar-refractivity contribution in [3.8, 4) is 5.75 Å².